The zero-order chi connectivity index (χ0) is 9.54. The molecular formula is C7H6O3S4. The lowest BCUT2D eigenvalue weighted by Crippen LogP contribution is -2.35. The van der Waals surface area contributed by atoms with Gasteiger partial charge in [0.1, 0.15) is 10.9 Å². The Labute approximate surface area is 96.8 Å². The van der Waals surface area contributed by atoms with Gasteiger partial charge in [-0.2, -0.15) is 0 Å². The molecule has 14 heavy (non-hydrogen) atoms. The third-order valence-corrected chi connectivity index (χ3v) is 7.28. The lowest BCUT2D eigenvalue weighted by atomic mass is 10.6. The summed E-state index contributed by atoms with van der Waals surface area (Å²) in [6, 6.07) is 0. The Balaban J connectivity index is 1.94. The molecule has 0 aliphatic carbocycles. The normalized spacial score (nSPS) is 30.9. The number of hydrogen-bond acceptors (Lipinski definition) is 7. The highest BCUT2D eigenvalue weighted by molar-refractivity contribution is 8.08. The van der Waals surface area contributed by atoms with Crippen molar-refractivity contribution >= 4 is 46.2 Å². The molecule has 0 amide bonds. The highest BCUT2D eigenvalue weighted by Crippen LogP contribution is 2.49. The van der Waals surface area contributed by atoms with Crippen LogP contribution in [-0.4, -0.2) is 24.1 Å². The quantitative estimate of drug-likeness (QED) is 0.718. The maximum Gasteiger partial charge on any atom is 0.289 e. The highest BCUT2D eigenvalue weighted by Gasteiger charge is 2.35. The molecular weight excluding hydrogens is 260 g/mol. The second-order valence-corrected chi connectivity index (χ2v) is 7.70. The first kappa shape index (κ1) is 9.68. The van der Waals surface area contributed by atoms with Crippen molar-refractivity contribution in [3.05, 3.63) is 8.85 Å². The molecule has 3 nitrogen and oxygen atoms in total. The van der Waals surface area contributed by atoms with Crippen LogP contribution < -0.4 is 4.06 Å². The number of fused-ring (bicyclic) bond motifs is 2. The molecule has 2 atom stereocenters. The molecule has 0 aromatic carbocycles. The second-order valence-electron chi connectivity index (χ2n) is 2.74. The molecule has 2 aliphatic rings. The lowest BCUT2D eigenvalue weighted by molar-refractivity contribution is -0.0667. The summed E-state index contributed by atoms with van der Waals surface area (Å²) in [6.07, 6.45) is 0. The SMILES string of the molecule is O=c1sc2c(s1)SC1OCCOC1S2. The van der Waals surface area contributed by atoms with E-state index in [2.05, 4.69) is 0 Å². The highest BCUT2D eigenvalue weighted by atomic mass is 32.2. The second kappa shape index (κ2) is 3.80. The van der Waals surface area contributed by atoms with Crippen molar-refractivity contribution in [2.75, 3.05) is 13.2 Å². The van der Waals surface area contributed by atoms with E-state index in [1.54, 1.807) is 23.5 Å². The summed E-state index contributed by atoms with van der Waals surface area (Å²) in [4.78, 5) is 11.2. The average Bonchev–Trinajstić information content (AvgIpc) is 2.53. The molecule has 0 spiro atoms. The monoisotopic (exact) mass is 266 g/mol. The molecule has 0 saturated carbocycles. The smallest absolute Gasteiger partial charge is 0.289 e. The van der Waals surface area contributed by atoms with Gasteiger partial charge in [-0.15, -0.1) is 0 Å². The van der Waals surface area contributed by atoms with Crippen molar-refractivity contribution in [2.45, 2.75) is 19.3 Å². The average molecular weight is 266 g/mol. The first-order chi connectivity index (χ1) is 6.83. The Morgan fingerprint density at radius 3 is 2.00 bits per heavy atom. The van der Waals surface area contributed by atoms with E-state index in [1.165, 1.54) is 22.7 Å². The first-order valence-corrected chi connectivity index (χ1v) is 7.42. The van der Waals surface area contributed by atoms with E-state index in [0.717, 1.165) is 8.42 Å². The first-order valence-electron chi connectivity index (χ1n) is 4.03. The van der Waals surface area contributed by atoms with Gasteiger partial charge in [0.05, 0.1) is 21.6 Å². The van der Waals surface area contributed by atoms with Crippen molar-refractivity contribution in [2.24, 2.45) is 0 Å². The summed E-state index contributed by atoms with van der Waals surface area (Å²) in [5, 5.41) is 0. The molecule has 1 aromatic heterocycles. The fraction of sp³-hybridized carbons (Fsp3) is 0.571. The molecule has 0 radical (unpaired) electrons. The summed E-state index contributed by atoms with van der Waals surface area (Å²) in [6.45, 7) is 1.31. The number of rotatable bonds is 0. The summed E-state index contributed by atoms with van der Waals surface area (Å²) in [7, 11) is 0. The van der Waals surface area contributed by atoms with Gasteiger partial charge in [0.2, 0.25) is 0 Å². The molecule has 1 saturated heterocycles. The molecule has 0 bridgehead atoms. The van der Waals surface area contributed by atoms with Gasteiger partial charge in [0.15, 0.2) is 0 Å². The third-order valence-electron chi connectivity index (χ3n) is 1.83. The van der Waals surface area contributed by atoms with Crippen LogP contribution in [0.5, 0.6) is 0 Å². The summed E-state index contributed by atoms with van der Waals surface area (Å²) < 4.78 is 13.5. The Morgan fingerprint density at radius 1 is 1.00 bits per heavy atom. The maximum atomic E-state index is 11.2. The van der Waals surface area contributed by atoms with Gasteiger partial charge in [-0.25, -0.2) is 0 Å². The topological polar surface area (TPSA) is 35.5 Å². The molecule has 7 heteroatoms. The van der Waals surface area contributed by atoms with E-state index < -0.39 is 0 Å². The van der Waals surface area contributed by atoms with Gasteiger partial charge in [-0.05, 0) is 0 Å². The van der Waals surface area contributed by atoms with Crippen LogP contribution in [0.3, 0.4) is 0 Å². The van der Waals surface area contributed by atoms with Gasteiger partial charge in [-0.1, -0.05) is 46.2 Å². The summed E-state index contributed by atoms with van der Waals surface area (Å²) in [5.41, 5.74) is 0.123. The van der Waals surface area contributed by atoms with Gasteiger partial charge in [-0.3, -0.25) is 4.79 Å². The third kappa shape index (κ3) is 1.66. The zero-order valence-corrected chi connectivity index (χ0v) is 10.2. The Hall–Kier alpha value is 0.470. The molecule has 3 rings (SSSR count). The predicted molar refractivity (Wildman–Crippen MR) is 59.7 cm³/mol. The minimum absolute atomic E-state index is 0.0616. The fourth-order valence-corrected chi connectivity index (χ4v) is 6.87. The Kier molecular flexibility index (Phi) is 2.63. The predicted octanol–water partition coefficient (Wildman–Crippen LogP) is 2.07. The van der Waals surface area contributed by atoms with E-state index >= 15 is 0 Å². The minimum atomic E-state index is 0.0616. The van der Waals surface area contributed by atoms with Gasteiger partial charge >= 0.3 is 0 Å². The van der Waals surface area contributed by atoms with Gasteiger partial charge < -0.3 is 9.47 Å². The molecule has 2 unspecified atom stereocenters. The number of ether oxygens (including phenoxy) is 2. The van der Waals surface area contributed by atoms with Crippen molar-refractivity contribution in [1.29, 1.82) is 0 Å². The van der Waals surface area contributed by atoms with Crippen LogP contribution in [0.1, 0.15) is 0 Å². The molecule has 3 heterocycles. The van der Waals surface area contributed by atoms with E-state index in [4.69, 9.17) is 9.47 Å². The fourth-order valence-electron chi connectivity index (χ4n) is 1.28. The Morgan fingerprint density at radius 2 is 1.50 bits per heavy atom. The number of hydrogen-bond donors (Lipinski definition) is 0. The van der Waals surface area contributed by atoms with Crippen LogP contribution >= 0.6 is 46.2 Å². The van der Waals surface area contributed by atoms with Crippen LogP contribution in [0.4, 0.5) is 0 Å². The molecule has 2 aliphatic heterocycles. The Bertz CT molecular complexity index is 363. The standard InChI is InChI=1S/C7H6O3S4/c8-7-13-5-6(14-7)12-4-3(11-5)9-1-2-10-4/h3-4H,1-2H2. The van der Waals surface area contributed by atoms with E-state index in [9.17, 15) is 4.79 Å². The minimum Gasteiger partial charge on any atom is -0.361 e. The maximum absolute atomic E-state index is 11.2. The van der Waals surface area contributed by atoms with Crippen LogP contribution in [0.25, 0.3) is 0 Å². The summed E-state index contributed by atoms with van der Waals surface area (Å²) >= 11 is 5.88. The van der Waals surface area contributed by atoms with Crippen molar-refractivity contribution in [1.82, 2.24) is 0 Å². The summed E-state index contributed by atoms with van der Waals surface area (Å²) in [5.74, 6) is 0. The van der Waals surface area contributed by atoms with E-state index in [-0.39, 0.29) is 14.9 Å². The van der Waals surface area contributed by atoms with Crippen LogP contribution in [0.2, 0.25) is 0 Å². The lowest BCUT2D eigenvalue weighted by Gasteiger charge is -2.33. The number of thioether (sulfide) groups is 2. The molecule has 76 valence electrons. The molecule has 1 aromatic rings. The molecule has 1 fully saturated rings. The van der Waals surface area contributed by atoms with Gasteiger partial charge in [0, 0.05) is 0 Å². The van der Waals surface area contributed by atoms with Gasteiger partial charge in [0.25, 0.3) is 4.06 Å². The van der Waals surface area contributed by atoms with Crippen LogP contribution in [0.15, 0.2) is 13.2 Å². The van der Waals surface area contributed by atoms with E-state index in [0.29, 0.717) is 13.2 Å². The van der Waals surface area contributed by atoms with Crippen molar-refractivity contribution < 1.29 is 9.47 Å². The van der Waals surface area contributed by atoms with Crippen molar-refractivity contribution in [3.63, 3.8) is 0 Å². The van der Waals surface area contributed by atoms with Crippen LogP contribution in [0, 0.1) is 0 Å². The van der Waals surface area contributed by atoms with Crippen LogP contribution in [-0.2, 0) is 9.47 Å². The zero-order valence-electron chi connectivity index (χ0n) is 6.93. The van der Waals surface area contributed by atoms with E-state index in [1.807, 2.05) is 0 Å². The largest absolute Gasteiger partial charge is 0.361 e. The van der Waals surface area contributed by atoms with Crippen molar-refractivity contribution in [3.8, 4) is 0 Å². The molecule has 0 N–H and O–H groups in total.